The number of hydrogen-bond donors (Lipinski definition) is 0. The highest BCUT2D eigenvalue weighted by Crippen LogP contribution is 2.39. The number of thioether (sulfide) groups is 1. The van der Waals surface area contributed by atoms with E-state index in [0.29, 0.717) is 0 Å². The highest BCUT2D eigenvalue weighted by atomic mass is 32.2. The zero-order valence-electron chi connectivity index (χ0n) is 5.70. The number of thiophene rings is 1. The lowest BCUT2D eigenvalue weighted by molar-refractivity contribution is 0.112. The summed E-state index contributed by atoms with van der Waals surface area (Å²) in [5.41, 5.74) is 0. The second-order valence-electron chi connectivity index (χ2n) is 2.11. The molecular formula is C7H6O2S2. The molecule has 4 heteroatoms. The van der Waals surface area contributed by atoms with Gasteiger partial charge in [0.05, 0.1) is 16.4 Å². The highest BCUT2D eigenvalue weighted by Gasteiger charge is 2.16. The SMILES string of the molecule is O=Cc1scc2c1SCCO2. The van der Waals surface area contributed by atoms with Crippen molar-refractivity contribution in [3.8, 4) is 5.75 Å². The largest absolute Gasteiger partial charge is 0.491 e. The smallest absolute Gasteiger partial charge is 0.161 e. The molecule has 0 aliphatic carbocycles. The summed E-state index contributed by atoms with van der Waals surface area (Å²) in [5, 5.41) is 1.89. The van der Waals surface area contributed by atoms with Crippen molar-refractivity contribution in [1.82, 2.24) is 0 Å². The third kappa shape index (κ3) is 1.16. The topological polar surface area (TPSA) is 26.3 Å². The van der Waals surface area contributed by atoms with E-state index in [9.17, 15) is 4.79 Å². The normalized spacial score (nSPS) is 15.3. The van der Waals surface area contributed by atoms with E-state index in [-0.39, 0.29) is 0 Å². The van der Waals surface area contributed by atoms with E-state index in [4.69, 9.17) is 4.74 Å². The average Bonchev–Trinajstić information content (AvgIpc) is 2.47. The number of rotatable bonds is 1. The number of fused-ring (bicyclic) bond motifs is 1. The minimum absolute atomic E-state index is 0.757. The van der Waals surface area contributed by atoms with Crippen molar-refractivity contribution in [2.75, 3.05) is 12.4 Å². The Hall–Kier alpha value is -0.480. The van der Waals surface area contributed by atoms with Crippen LogP contribution in [0.4, 0.5) is 0 Å². The van der Waals surface area contributed by atoms with Gasteiger partial charge < -0.3 is 4.74 Å². The predicted octanol–water partition coefficient (Wildman–Crippen LogP) is 2.05. The molecule has 1 aliphatic heterocycles. The van der Waals surface area contributed by atoms with Crippen LogP contribution in [0.5, 0.6) is 5.75 Å². The fourth-order valence-corrected chi connectivity index (χ4v) is 2.86. The third-order valence-electron chi connectivity index (χ3n) is 1.43. The second kappa shape index (κ2) is 2.87. The number of carbonyl (C=O) groups is 1. The van der Waals surface area contributed by atoms with Crippen molar-refractivity contribution in [3.63, 3.8) is 0 Å². The van der Waals surface area contributed by atoms with E-state index < -0.39 is 0 Å². The van der Waals surface area contributed by atoms with Gasteiger partial charge in [-0.15, -0.1) is 23.1 Å². The van der Waals surface area contributed by atoms with E-state index in [0.717, 1.165) is 34.2 Å². The van der Waals surface area contributed by atoms with Crippen LogP contribution in [-0.2, 0) is 0 Å². The molecule has 0 saturated heterocycles. The lowest BCUT2D eigenvalue weighted by atomic mass is 10.5. The Bertz CT molecular complexity index is 280. The summed E-state index contributed by atoms with van der Waals surface area (Å²) in [4.78, 5) is 12.3. The third-order valence-corrected chi connectivity index (χ3v) is 3.53. The van der Waals surface area contributed by atoms with E-state index >= 15 is 0 Å². The summed E-state index contributed by atoms with van der Waals surface area (Å²) in [6.45, 7) is 0.757. The van der Waals surface area contributed by atoms with E-state index in [1.165, 1.54) is 11.3 Å². The van der Waals surface area contributed by atoms with Crippen LogP contribution >= 0.6 is 23.1 Å². The van der Waals surface area contributed by atoms with Gasteiger partial charge in [0.25, 0.3) is 0 Å². The van der Waals surface area contributed by atoms with Gasteiger partial charge in [0.15, 0.2) is 6.29 Å². The van der Waals surface area contributed by atoms with E-state index in [2.05, 4.69) is 0 Å². The van der Waals surface area contributed by atoms with Gasteiger partial charge in [-0.1, -0.05) is 0 Å². The lowest BCUT2D eigenvalue weighted by Gasteiger charge is -2.12. The summed E-state index contributed by atoms with van der Waals surface area (Å²) in [6, 6.07) is 0. The van der Waals surface area contributed by atoms with Crippen molar-refractivity contribution in [3.05, 3.63) is 10.3 Å². The Morgan fingerprint density at radius 3 is 3.36 bits per heavy atom. The number of aldehydes is 1. The molecule has 58 valence electrons. The Labute approximate surface area is 72.6 Å². The first-order valence-corrected chi connectivity index (χ1v) is 5.10. The molecule has 2 nitrogen and oxygen atoms in total. The molecule has 2 heterocycles. The summed E-state index contributed by atoms with van der Waals surface area (Å²) in [7, 11) is 0. The molecule has 2 rings (SSSR count). The van der Waals surface area contributed by atoms with Gasteiger partial charge >= 0.3 is 0 Å². The molecule has 0 radical (unpaired) electrons. The molecule has 0 amide bonds. The minimum atomic E-state index is 0.757. The van der Waals surface area contributed by atoms with Gasteiger partial charge in [-0.3, -0.25) is 4.79 Å². The Morgan fingerprint density at radius 2 is 2.55 bits per heavy atom. The molecule has 0 spiro atoms. The van der Waals surface area contributed by atoms with Gasteiger partial charge in [-0.05, 0) is 0 Å². The van der Waals surface area contributed by atoms with Crippen LogP contribution in [-0.4, -0.2) is 18.6 Å². The molecule has 11 heavy (non-hydrogen) atoms. The first-order valence-electron chi connectivity index (χ1n) is 3.24. The van der Waals surface area contributed by atoms with Crippen LogP contribution in [0.2, 0.25) is 0 Å². The summed E-state index contributed by atoms with van der Waals surface area (Å²) >= 11 is 3.15. The van der Waals surface area contributed by atoms with E-state index in [1.807, 2.05) is 5.38 Å². The molecule has 0 unspecified atom stereocenters. The maximum Gasteiger partial charge on any atom is 0.161 e. The minimum Gasteiger partial charge on any atom is -0.491 e. The van der Waals surface area contributed by atoms with Gasteiger partial charge in [0, 0.05) is 11.1 Å². The molecular weight excluding hydrogens is 180 g/mol. The molecule has 0 saturated carbocycles. The first kappa shape index (κ1) is 7.18. The zero-order chi connectivity index (χ0) is 7.68. The second-order valence-corrected chi connectivity index (χ2v) is 4.12. The number of hydrogen-bond acceptors (Lipinski definition) is 4. The van der Waals surface area contributed by atoms with Crippen molar-refractivity contribution in [2.45, 2.75) is 4.90 Å². The van der Waals surface area contributed by atoms with Crippen molar-refractivity contribution in [1.29, 1.82) is 0 Å². The summed E-state index contributed by atoms with van der Waals surface area (Å²) in [6.07, 6.45) is 0.894. The maximum absolute atomic E-state index is 10.5. The standard InChI is InChI=1S/C7H6O2S2/c8-3-6-7-5(4-11-6)9-1-2-10-7/h3-4H,1-2H2. The van der Waals surface area contributed by atoms with Crippen molar-refractivity contribution in [2.24, 2.45) is 0 Å². The van der Waals surface area contributed by atoms with Crippen LogP contribution in [0.1, 0.15) is 9.67 Å². The summed E-state index contributed by atoms with van der Waals surface area (Å²) in [5.74, 6) is 1.83. The van der Waals surface area contributed by atoms with Crippen LogP contribution in [0.25, 0.3) is 0 Å². The lowest BCUT2D eigenvalue weighted by Crippen LogP contribution is -2.05. The molecule has 0 bridgehead atoms. The molecule has 0 atom stereocenters. The van der Waals surface area contributed by atoms with Crippen LogP contribution < -0.4 is 4.74 Å². The number of ether oxygens (including phenoxy) is 1. The Kier molecular flexibility index (Phi) is 1.87. The molecule has 0 fully saturated rings. The van der Waals surface area contributed by atoms with E-state index in [1.54, 1.807) is 11.8 Å². The molecule has 0 aromatic carbocycles. The average molecular weight is 186 g/mol. The van der Waals surface area contributed by atoms with Gasteiger partial charge in [-0.25, -0.2) is 0 Å². The van der Waals surface area contributed by atoms with Crippen LogP contribution in [0, 0.1) is 0 Å². The zero-order valence-corrected chi connectivity index (χ0v) is 7.33. The van der Waals surface area contributed by atoms with Crippen molar-refractivity contribution < 1.29 is 9.53 Å². The summed E-state index contributed by atoms with van der Waals surface area (Å²) < 4.78 is 5.34. The van der Waals surface area contributed by atoms with Gasteiger partial charge in [0.1, 0.15) is 5.75 Å². The fourth-order valence-electron chi connectivity index (χ4n) is 0.964. The Morgan fingerprint density at radius 1 is 1.64 bits per heavy atom. The monoisotopic (exact) mass is 186 g/mol. The van der Waals surface area contributed by atoms with Gasteiger partial charge in [-0.2, -0.15) is 0 Å². The van der Waals surface area contributed by atoms with Crippen LogP contribution in [0.3, 0.4) is 0 Å². The Balaban J connectivity index is 2.45. The van der Waals surface area contributed by atoms with Gasteiger partial charge in [0.2, 0.25) is 0 Å². The molecule has 1 aliphatic rings. The highest BCUT2D eigenvalue weighted by molar-refractivity contribution is 7.99. The van der Waals surface area contributed by atoms with Crippen LogP contribution in [0.15, 0.2) is 10.3 Å². The number of carbonyl (C=O) groups excluding carboxylic acids is 1. The molecule has 1 aromatic rings. The maximum atomic E-state index is 10.5. The quantitative estimate of drug-likeness (QED) is 0.628. The van der Waals surface area contributed by atoms with Crippen molar-refractivity contribution >= 4 is 29.4 Å². The predicted molar refractivity (Wildman–Crippen MR) is 45.9 cm³/mol. The first-order chi connectivity index (χ1) is 5.42. The molecule has 0 N–H and O–H groups in total. The molecule has 1 aromatic heterocycles. The fraction of sp³-hybridized carbons (Fsp3) is 0.286.